The van der Waals surface area contributed by atoms with Crippen LogP contribution in [0.3, 0.4) is 0 Å². The van der Waals surface area contributed by atoms with Crippen LogP contribution in [0.1, 0.15) is 22.3 Å². The molecule has 0 aliphatic heterocycles. The molecule has 8 heteroatoms. The third-order valence-corrected chi connectivity index (χ3v) is 3.69. The van der Waals surface area contributed by atoms with Gasteiger partial charge in [-0.2, -0.15) is 5.26 Å². The maximum atomic E-state index is 11.9. The Hall–Kier alpha value is -3.47. The molecule has 24 heavy (non-hydrogen) atoms. The van der Waals surface area contributed by atoms with Crippen LogP contribution < -0.4 is 5.56 Å². The number of benzene rings is 1. The van der Waals surface area contributed by atoms with Gasteiger partial charge in [0.25, 0.3) is 11.2 Å². The number of non-ortho nitro benzene ring substituents is 1. The lowest BCUT2D eigenvalue weighted by Crippen LogP contribution is -2.22. The molecule has 0 bridgehead atoms. The Morgan fingerprint density at radius 2 is 2.08 bits per heavy atom. The highest BCUT2D eigenvalue weighted by molar-refractivity contribution is 5.87. The molecule has 0 saturated heterocycles. The number of hydrogen-bond acceptors (Lipinski definition) is 6. The third kappa shape index (κ3) is 2.87. The summed E-state index contributed by atoms with van der Waals surface area (Å²) in [4.78, 5) is 26.4. The third-order valence-electron chi connectivity index (χ3n) is 3.69. The zero-order valence-corrected chi connectivity index (χ0v) is 13.3. The number of aliphatic imine (C=N–C) groups is 1. The van der Waals surface area contributed by atoms with Crippen LogP contribution >= 0.6 is 0 Å². The van der Waals surface area contributed by atoms with Gasteiger partial charge in [0.1, 0.15) is 11.6 Å². The first kappa shape index (κ1) is 16.9. The number of pyridine rings is 1. The molecule has 0 amide bonds. The monoisotopic (exact) mass is 326 g/mol. The Bertz CT molecular complexity index is 968. The molecule has 1 N–H and O–H groups in total. The molecule has 0 atom stereocenters. The van der Waals surface area contributed by atoms with Crippen LogP contribution in [0.25, 0.3) is 0 Å². The maximum absolute atomic E-state index is 11.9. The molecule has 0 unspecified atom stereocenters. The first-order valence-electron chi connectivity index (χ1n) is 6.89. The standard InChI is InChI=1S/C16H14N4O4/c1-9-6-11(20(23)24)4-5-14(9)18-8-13-10(2)12(7-17)15(21)19(3)16(13)22/h4-6,8,22H,1-3H3. The van der Waals surface area contributed by atoms with Gasteiger partial charge in [0.05, 0.1) is 16.2 Å². The molecule has 8 nitrogen and oxygen atoms in total. The van der Waals surface area contributed by atoms with Gasteiger partial charge in [0.15, 0.2) is 0 Å². The zero-order valence-electron chi connectivity index (χ0n) is 13.3. The molecule has 0 spiro atoms. The second-order valence-corrected chi connectivity index (χ2v) is 5.20. The summed E-state index contributed by atoms with van der Waals surface area (Å²) in [5.41, 5.74) is 0.926. The number of hydrogen-bond donors (Lipinski definition) is 1. The van der Waals surface area contributed by atoms with Crippen molar-refractivity contribution in [3.05, 3.63) is 60.9 Å². The van der Waals surface area contributed by atoms with Crippen LogP contribution in [0.2, 0.25) is 0 Å². The smallest absolute Gasteiger partial charge is 0.271 e. The molecule has 0 saturated carbocycles. The fourth-order valence-electron chi connectivity index (χ4n) is 2.23. The number of aromatic hydroxyl groups is 1. The van der Waals surface area contributed by atoms with Gasteiger partial charge in [-0.1, -0.05) is 0 Å². The van der Waals surface area contributed by atoms with E-state index in [2.05, 4.69) is 4.99 Å². The second-order valence-electron chi connectivity index (χ2n) is 5.20. The van der Waals surface area contributed by atoms with Crippen molar-refractivity contribution in [3.63, 3.8) is 0 Å². The van der Waals surface area contributed by atoms with Gasteiger partial charge in [0, 0.05) is 25.4 Å². The van der Waals surface area contributed by atoms with Gasteiger partial charge < -0.3 is 5.11 Å². The summed E-state index contributed by atoms with van der Waals surface area (Å²) in [6.45, 7) is 3.22. The van der Waals surface area contributed by atoms with Crippen LogP contribution in [0.15, 0.2) is 28.0 Å². The predicted octanol–water partition coefficient (Wildman–Crippen LogP) is 2.24. The highest BCUT2D eigenvalue weighted by Gasteiger charge is 2.16. The van der Waals surface area contributed by atoms with Gasteiger partial charge in [-0.25, -0.2) is 0 Å². The number of nitro benzene ring substituents is 1. The van der Waals surface area contributed by atoms with Crippen molar-refractivity contribution in [1.29, 1.82) is 5.26 Å². The van der Waals surface area contributed by atoms with E-state index in [1.807, 2.05) is 6.07 Å². The SMILES string of the molecule is Cc1cc([N+](=O)[O-])ccc1N=Cc1c(C)c(C#N)c(=O)n(C)c1O. The lowest BCUT2D eigenvalue weighted by atomic mass is 10.1. The molecule has 1 aromatic carbocycles. The van der Waals surface area contributed by atoms with Crippen LogP contribution in [0, 0.1) is 35.3 Å². The normalized spacial score (nSPS) is 10.8. The van der Waals surface area contributed by atoms with Gasteiger partial charge in [-0.05, 0) is 31.0 Å². The summed E-state index contributed by atoms with van der Waals surface area (Å²) in [6, 6.07) is 6.03. The molecular formula is C16H14N4O4. The van der Waals surface area contributed by atoms with Gasteiger partial charge >= 0.3 is 0 Å². The second kappa shape index (κ2) is 6.34. The first-order valence-corrected chi connectivity index (χ1v) is 6.89. The number of aromatic nitrogens is 1. The van der Waals surface area contributed by atoms with E-state index in [9.17, 15) is 20.0 Å². The van der Waals surface area contributed by atoms with E-state index >= 15 is 0 Å². The molecule has 0 aliphatic carbocycles. The molecule has 0 fully saturated rings. The molecular weight excluding hydrogens is 312 g/mol. The van der Waals surface area contributed by atoms with Gasteiger partial charge in [-0.15, -0.1) is 0 Å². The lowest BCUT2D eigenvalue weighted by molar-refractivity contribution is -0.384. The summed E-state index contributed by atoms with van der Waals surface area (Å²) in [5.74, 6) is -0.306. The molecule has 2 rings (SSSR count). The van der Waals surface area contributed by atoms with Crippen molar-refractivity contribution in [2.75, 3.05) is 0 Å². The Kier molecular flexibility index (Phi) is 4.46. The van der Waals surface area contributed by atoms with E-state index in [0.717, 1.165) is 4.57 Å². The lowest BCUT2D eigenvalue weighted by Gasteiger charge is -2.10. The summed E-state index contributed by atoms with van der Waals surface area (Å²) >= 11 is 0. The number of nitro groups is 1. The Morgan fingerprint density at radius 3 is 2.62 bits per heavy atom. The Labute approximate surface area is 137 Å². The molecule has 122 valence electrons. The van der Waals surface area contributed by atoms with Crippen molar-refractivity contribution in [2.24, 2.45) is 12.0 Å². The first-order chi connectivity index (χ1) is 11.3. The van der Waals surface area contributed by atoms with Crippen molar-refractivity contribution in [1.82, 2.24) is 4.57 Å². The van der Waals surface area contributed by atoms with Crippen LogP contribution in [0.5, 0.6) is 5.88 Å². The molecule has 0 aliphatic rings. The quantitative estimate of drug-likeness (QED) is 0.526. The predicted molar refractivity (Wildman–Crippen MR) is 87.9 cm³/mol. The van der Waals surface area contributed by atoms with Crippen LogP contribution in [-0.2, 0) is 7.05 Å². The van der Waals surface area contributed by atoms with E-state index in [1.54, 1.807) is 13.8 Å². The van der Waals surface area contributed by atoms with Gasteiger partial charge in [0.2, 0.25) is 5.88 Å². The van der Waals surface area contributed by atoms with Crippen molar-refractivity contribution >= 4 is 17.6 Å². The summed E-state index contributed by atoms with van der Waals surface area (Å²) < 4.78 is 0.968. The van der Waals surface area contributed by atoms with Crippen molar-refractivity contribution < 1.29 is 10.0 Å². The maximum Gasteiger partial charge on any atom is 0.271 e. The highest BCUT2D eigenvalue weighted by atomic mass is 16.6. The van der Waals surface area contributed by atoms with E-state index < -0.39 is 10.5 Å². The van der Waals surface area contributed by atoms with Gasteiger partial charge in [-0.3, -0.25) is 24.5 Å². The number of nitriles is 1. The molecule has 1 heterocycles. The average molecular weight is 326 g/mol. The Balaban J connectivity index is 2.55. The van der Waals surface area contributed by atoms with Crippen LogP contribution in [-0.4, -0.2) is 20.8 Å². The number of rotatable bonds is 3. The van der Waals surface area contributed by atoms with E-state index in [-0.39, 0.29) is 22.7 Å². The number of nitrogens with zero attached hydrogens (tertiary/aromatic N) is 4. The van der Waals surface area contributed by atoms with E-state index in [0.29, 0.717) is 16.8 Å². The minimum Gasteiger partial charge on any atom is -0.494 e. The average Bonchev–Trinajstić information content (AvgIpc) is 2.54. The van der Waals surface area contributed by atoms with Crippen molar-refractivity contribution in [2.45, 2.75) is 13.8 Å². The zero-order chi connectivity index (χ0) is 18.0. The molecule has 1 aromatic heterocycles. The van der Waals surface area contributed by atoms with E-state index in [4.69, 9.17) is 5.26 Å². The fraction of sp³-hybridized carbons (Fsp3) is 0.188. The topological polar surface area (TPSA) is 122 Å². The number of aryl methyl sites for hydroxylation is 1. The van der Waals surface area contributed by atoms with Crippen LogP contribution in [0.4, 0.5) is 11.4 Å². The largest absolute Gasteiger partial charge is 0.494 e. The highest BCUT2D eigenvalue weighted by Crippen LogP contribution is 2.25. The summed E-state index contributed by atoms with van der Waals surface area (Å²) in [5, 5.41) is 30.0. The van der Waals surface area contributed by atoms with E-state index in [1.165, 1.54) is 31.5 Å². The van der Waals surface area contributed by atoms with Crippen molar-refractivity contribution in [3.8, 4) is 11.9 Å². The minimum absolute atomic E-state index is 0.0423. The summed E-state index contributed by atoms with van der Waals surface area (Å²) in [6.07, 6.45) is 1.33. The summed E-state index contributed by atoms with van der Waals surface area (Å²) in [7, 11) is 1.35. The molecule has 2 aromatic rings. The molecule has 0 radical (unpaired) electrons. The fourth-order valence-corrected chi connectivity index (χ4v) is 2.23. The minimum atomic E-state index is -0.587. The Morgan fingerprint density at radius 1 is 1.42 bits per heavy atom.